The van der Waals surface area contributed by atoms with Crippen LogP contribution in [0.2, 0.25) is 0 Å². The molecule has 0 bridgehead atoms. The fourth-order valence-corrected chi connectivity index (χ4v) is 2.71. The highest BCUT2D eigenvalue weighted by atomic mass is 127. The zero-order valence-corrected chi connectivity index (χ0v) is 19.4. The predicted octanol–water partition coefficient (Wildman–Crippen LogP) is 2.27. The first-order valence-electron chi connectivity index (χ1n) is 9.31. The fourth-order valence-electron chi connectivity index (χ4n) is 2.71. The minimum Gasteiger partial charge on any atom is -0.493 e. The SMILES string of the molecule is CCNC(=NCCc1ccc(OC)c(OC)c1)NCCn1cnnc1CC.I. The van der Waals surface area contributed by atoms with Crippen LogP contribution in [-0.4, -0.2) is 54.6 Å². The standard InChI is InChI=1S/C19H30N6O2.HI/c1-5-18-24-23-14-25(18)12-11-22-19(20-6-2)21-10-9-15-7-8-16(26-3)17(13-15)27-4;/h7-8,13-14H,5-6,9-12H2,1-4H3,(H2,20,21,22);1H. The second-order valence-electron chi connectivity index (χ2n) is 5.92. The molecule has 8 nitrogen and oxygen atoms in total. The second-order valence-corrected chi connectivity index (χ2v) is 5.92. The van der Waals surface area contributed by atoms with Crippen molar-refractivity contribution in [2.24, 2.45) is 4.99 Å². The van der Waals surface area contributed by atoms with Gasteiger partial charge in [-0.2, -0.15) is 0 Å². The van der Waals surface area contributed by atoms with Crippen LogP contribution in [0, 0.1) is 0 Å². The Bertz CT molecular complexity index is 735. The molecule has 0 amide bonds. The van der Waals surface area contributed by atoms with Crippen LogP contribution < -0.4 is 20.1 Å². The van der Waals surface area contributed by atoms with Crippen molar-refractivity contribution < 1.29 is 9.47 Å². The van der Waals surface area contributed by atoms with Crippen molar-refractivity contribution in [2.75, 3.05) is 33.9 Å². The van der Waals surface area contributed by atoms with Crippen molar-refractivity contribution in [3.63, 3.8) is 0 Å². The largest absolute Gasteiger partial charge is 0.493 e. The first-order valence-corrected chi connectivity index (χ1v) is 9.31. The second kappa shape index (κ2) is 13.2. The van der Waals surface area contributed by atoms with Gasteiger partial charge in [-0.3, -0.25) is 4.99 Å². The Morgan fingerprint density at radius 1 is 1.14 bits per heavy atom. The summed E-state index contributed by atoms with van der Waals surface area (Å²) in [6.45, 7) is 7.18. The van der Waals surface area contributed by atoms with E-state index in [1.807, 2.05) is 18.2 Å². The number of aromatic nitrogens is 3. The molecule has 0 aliphatic rings. The molecule has 0 saturated heterocycles. The van der Waals surface area contributed by atoms with Crippen molar-refractivity contribution in [1.82, 2.24) is 25.4 Å². The number of methoxy groups -OCH3 is 2. The van der Waals surface area contributed by atoms with E-state index in [9.17, 15) is 0 Å². The lowest BCUT2D eigenvalue weighted by molar-refractivity contribution is 0.354. The highest BCUT2D eigenvalue weighted by molar-refractivity contribution is 14.0. The van der Waals surface area contributed by atoms with Crippen LogP contribution in [0.1, 0.15) is 25.2 Å². The average Bonchev–Trinajstić information content (AvgIpc) is 3.15. The highest BCUT2D eigenvalue weighted by Crippen LogP contribution is 2.27. The van der Waals surface area contributed by atoms with Gasteiger partial charge in [-0.1, -0.05) is 13.0 Å². The van der Waals surface area contributed by atoms with Crippen molar-refractivity contribution in [2.45, 2.75) is 33.2 Å². The first kappa shape index (κ1) is 24.0. The van der Waals surface area contributed by atoms with Gasteiger partial charge in [0.2, 0.25) is 0 Å². The molecule has 1 aromatic carbocycles. The summed E-state index contributed by atoms with van der Waals surface area (Å²) in [7, 11) is 3.28. The number of halogens is 1. The molecule has 0 aliphatic carbocycles. The van der Waals surface area contributed by atoms with E-state index < -0.39 is 0 Å². The summed E-state index contributed by atoms with van der Waals surface area (Å²) < 4.78 is 12.7. The number of hydrogen-bond acceptors (Lipinski definition) is 5. The zero-order valence-electron chi connectivity index (χ0n) is 17.1. The van der Waals surface area contributed by atoms with Gasteiger partial charge in [-0.05, 0) is 31.0 Å². The quantitative estimate of drug-likeness (QED) is 0.295. The molecule has 0 radical (unpaired) electrons. The third-order valence-corrected chi connectivity index (χ3v) is 4.12. The van der Waals surface area contributed by atoms with Crippen molar-refractivity contribution in [1.29, 1.82) is 0 Å². The normalized spacial score (nSPS) is 10.9. The summed E-state index contributed by atoms with van der Waals surface area (Å²) in [5.74, 6) is 3.28. The lowest BCUT2D eigenvalue weighted by atomic mass is 10.1. The molecule has 1 aromatic heterocycles. The van der Waals surface area contributed by atoms with Crippen LogP contribution in [0.3, 0.4) is 0 Å². The van der Waals surface area contributed by atoms with Crippen molar-refractivity contribution in [3.8, 4) is 11.5 Å². The molecule has 2 N–H and O–H groups in total. The molecule has 1 heterocycles. The number of guanidine groups is 1. The molecule has 0 fully saturated rings. The van der Waals surface area contributed by atoms with Gasteiger partial charge in [0, 0.05) is 32.6 Å². The van der Waals surface area contributed by atoms with Crippen molar-refractivity contribution >= 4 is 29.9 Å². The maximum atomic E-state index is 5.35. The summed E-state index contributed by atoms with van der Waals surface area (Å²) in [5, 5.41) is 14.7. The van der Waals surface area contributed by atoms with Crippen LogP contribution >= 0.6 is 24.0 Å². The Balaban J connectivity index is 0.00000392. The molecule has 2 aromatic rings. The van der Waals surface area contributed by atoms with Gasteiger partial charge in [-0.15, -0.1) is 34.2 Å². The van der Waals surface area contributed by atoms with E-state index in [0.29, 0.717) is 6.54 Å². The van der Waals surface area contributed by atoms with Gasteiger partial charge >= 0.3 is 0 Å². The summed E-state index contributed by atoms with van der Waals surface area (Å²) in [6, 6.07) is 5.95. The Labute approximate surface area is 184 Å². The summed E-state index contributed by atoms with van der Waals surface area (Å²) in [4.78, 5) is 4.65. The Kier molecular flexibility index (Phi) is 11.3. The maximum Gasteiger partial charge on any atom is 0.191 e. The van der Waals surface area contributed by atoms with Crippen LogP contribution in [0.25, 0.3) is 0 Å². The zero-order chi connectivity index (χ0) is 19.5. The van der Waals surface area contributed by atoms with Gasteiger partial charge in [0.05, 0.1) is 14.2 Å². The number of rotatable bonds is 10. The van der Waals surface area contributed by atoms with E-state index in [1.54, 1.807) is 20.5 Å². The van der Waals surface area contributed by atoms with E-state index in [1.165, 1.54) is 0 Å². The van der Waals surface area contributed by atoms with E-state index in [4.69, 9.17) is 9.47 Å². The van der Waals surface area contributed by atoms with Crippen LogP contribution in [0.4, 0.5) is 0 Å². The molecular formula is C19H31IN6O2. The summed E-state index contributed by atoms with van der Waals surface area (Å²) >= 11 is 0. The molecule has 2 rings (SSSR count). The minimum absolute atomic E-state index is 0. The average molecular weight is 502 g/mol. The lowest BCUT2D eigenvalue weighted by Crippen LogP contribution is -2.39. The maximum absolute atomic E-state index is 5.35. The Hall–Kier alpha value is -2.04. The van der Waals surface area contributed by atoms with Gasteiger partial charge in [-0.25, -0.2) is 0 Å². The summed E-state index contributed by atoms with van der Waals surface area (Å²) in [5.41, 5.74) is 1.16. The predicted molar refractivity (Wildman–Crippen MR) is 122 cm³/mol. The number of aryl methyl sites for hydroxylation is 1. The number of hydrogen-bond donors (Lipinski definition) is 2. The highest BCUT2D eigenvalue weighted by Gasteiger charge is 2.05. The van der Waals surface area contributed by atoms with Gasteiger partial charge < -0.3 is 24.7 Å². The van der Waals surface area contributed by atoms with Crippen molar-refractivity contribution in [3.05, 3.63) is 35.9 Å². The van der Waals surface area contributed by atoms with Gasteiger partial charge in [0.1, 0.15) is 12.2 Å². The number of nitrogens with one attached hydrogen (secondary N) is 2. The smallest absolute Gasteiger partial charge is 0.191 e. The van der Waals surface area contributed by atoms with Gasteiger partial charge in [0.15, 0.2) is 17.5 Å². The molecule has 9 heteroatoms. The Morgan fingerprint density at radius 2 is 1.93 bits per heavy atom. The van der Waals surface area contributed by atoms with E-state index in [0.717, 1.165) is 61.3 Å². The topological polar surface area (TPSA) is 85.6 Å². The number of nitrogens with zero attached hydrogens (tertiary/aromatic N) is 4. The van der Waals surface area contributed by atoms with Crippen LogP contribution in [0.15, 0.2) is 29.5 Å². The molecule has 0 unspecified atom stereocenters. The van der Waals surface area contributed by atoms with Crippen LogP contribution in [0.5, 0.6) is 11.5 Å². The fraction of sp³-hybridized carbons (Fsp3) is 0.526. The first-order chi connectivity index (χ1) is 13.2. The molecular weight excluding hydrogens is 471 g/mol. The molecule has 28 heavy (non-hydrogen) atoms. The third-order valence-electron chi connectivity index (χ3n) is 4.12. The van der Waals surface area contributed by atoms with E-state index >= 15 is 0 Å². The monoisotopic (exact) mass is 502 g/mol. The molecule has 156 valence electrons. The Morgan fingerprint density at radius 3 is 2.61 bits per heavy atom. The summed E-state index contributed by atoms with van der Waals surface area (Å²) in [6.07, 6.45) is 3.46. The lowest BCUT2D eigenvalue weighted by Gasteiger charge is -2.12. The number of aliphatic imine (C=N–C) groups is 1. The van der Waals surface area contributed by atoms with E-state index in [-0.39, 0.29) is 24.0 Å². The molecule has 0 aliphatic heterocycles. The third kappa shape index (κ3) is 7.17. The van der Waals surface area contributed by atoms with E-state index in [2.05, 4.69) is 44.2 Å². The van der Waals surface area contributed by atoms with Crippen LogP contribution in [-0.2, 0) is 19.4 Å². The van der Waals surface area contributed by atoms with Gasteiger partial charge in [0.25, 0.3) is 0 Å². The number of ether oxygens (including phenoxy) is 2. The minimum atomic E-state index is 0. The molecule has 0 atom stereocenters. The molecule has 0 spiro atoms. The number of benzene rings is 1. The molecule has 0 saturated carbocycles.